The van der Waals surface area contributed by atoms with Gasteiger partial charge in [0.15, 0.2) is 0 Å². The Labute approximate surface area is 81.5 Å². The van der Waals surface area contributed by atoms with E-state index in [0.717, 1.165) is 12.0 Å². The summed E-state index contributed by atoms with van der Waals surface area (Å²) < 4.78 is 0. The average molecular weight is 183 g/mol. The number of likely N-dealkylation sites (N-methyl/N-ethyl adjacent to an activating group) is 1. The maximum absolute atomic E-state index is 9.66. The number of hydrogen-bond donors (Lipinski definition) is 1. The Kier molecular flexibility index (Phi) is 4.96. The topological polar surface area (TPSA) is 23.5 Å². The first-order valence-electron chi connectivity index (χ1n) is 4.80. The summed E-state index contributed by atoms with van der Waals surface area (Å²) in [5.41, 5.74) is 0.728. The molecule has 0 saturated heterocycles. The summed E-state index contributed by atoms with van der Waals surface area (Å²) in [5.74, 6) is 0. The highest BCUT2D eigenvalue weighted by Crippen LogP contribution is 2.23. The third-order valence-electron chi connectivity index (χ3n) is 2.30. The highest BCUT2D eigenvalue weighted by atomic mass is 16.5. The first-order valence-corrected chi connectivity index (χ1v) is 4.80. The third kappa shape index (κ3) is 2.98. The molecule has 0 aliphatic heterocycles. The maximum Gasteiger partial charge on any atom is 0.0649 e. The summed E-state index contributed by atoms with van der Waals surface area (Å²) in [5, 5.41) is 11.0. The number of rotatable bonds is 5. The monoisotopic (exact) mass is 183 g/mol. The van der Waals surface area contributed by atoms with Crippen LogP contribution in [-0.4, -0.2) is 22.4 Å². The van der Waals surface area contributed by atoms with E-state index in [2.05, 4.69) is 19.6 Å². The fourth-order valence-corrected chi connectivity index (χ4v) is 1.35. The molecular weight excluding hydrogens is 162 g/mol. The molecule has 0 aromatic rings. The molecule has 2 nitrogen and oxygen atoms in total. The molecule has 0 atom stereocenters. The van der Waals surface area contributed by atoms with Crippen LogP contribution in [0.15, 0.2) is 24.3 Å². The molecule has 0 unspecified atom stereocenters. The van der Waals surface area contributed by atoms with Gasteiger partial charge in [-0.05, 0) is 25.8 Å². The van der Waals surface area contributed by atoms with Gasteiger partial charge in [-0.25, -0.2) is 0 Å². The fraction of sp³-hybridized carbons (Fsp3) is 0.636. The second-order valence-corrected chi connectivity index (χ2v) is 3.55. The van der Waals surface area contributed by atoms with Gasteiger partial charge in [0.1, 0.15) is 0 Å². The molecule has 0 aliphatic rings. The van der Waals surface area contributed by atoms with Gasteiger partial charge in [0, 0.05) is 6.54 Å². The number of allylic oxidation sites excluding steroid dienone is 1. The lowest BCUT2D eigenvalue weighted by atomic mass is 9.92. The van der Waals surface area contributed by atoms with E-state index in [1.807, 2.05) is 26.8 Å². The minimum Gasteiger partial charge on any atom is -0.313 e. The zero-order valence-electron chi connectivity index (χ0n) is 9.17. The quantitative estimate of drug-likeness (QED) is 0.523. The van der Waals surface area contributed by atoms with Gasteiger partial charge in [-0.1, -0.05) is 32.6 Å². The second kappa shape index (κ2) is 5.20. The molecule has 0 radical (unpaired) electrons. The van der Waals surface area contributed by atoms with Crippen LogP contribution in [-0.2, 0) is 0 Å². The van der Waals surface area contributed by atoms with Crippen LogP contribution in [0.5, 0.6) is 0 Å². The van der Waals surface area contributed by atoms with Crippen LogP contribution in [0, 0.1) is 0 Å². The molecule has 0 saturated carbocycles. The van der Waals surface area contributed by atoms with Gasteiger partial charge in [-0.3, -0.25) is 0 Å². The first-order chi connectivity index (χ1) is 6.00. The van der Waals surface area contributed by atoms with Gasteiger partial charge in [0.25, 0.3) is 0 Å². The lowest BCUT2D eigenvalue weighted by molar-refractivity contribution is -0.143. The summed E-state index contributed by atoms with van der Waals surface area (Å²) in [6, 6.07) is 0. The van der Waals surface area contributed by atoms with E-state index in [0.29, 0.717) is 6.54 Å². The van der Waals surface area contributed by atoms with Crippen LogP contribution in [0.25, 0.3) is 0 Å². The van der Waals surface area contributed by atoms with Crippen LogP contribution in [0.2, 0.25) is 0 Å². The Morgan fingerprint density at radius 1 is 1.46 bits per heavy atom. The third-order valence-corrected chi connectivity index (χ3v) is 2.30. The van der Waals surface area contributed by atoms with Crippen LogP contribution in [0.1, 0.15) is 34.1 Å². The largest absolute Gasteiger partial charge is 0.313 e. The van der Waals surface area contributed by atoms with Crippen LogP contribution in [0.4, 0.5) is 0 Å². The van der Waals surface area contributed by atoms with Crippen molar-refractivity contribution in [2.24, 2.45) is 0 Å². The van der Waals surface area contributed by atoms with Crippen molar-refractivity contribution in [3.05, 3.63) is 24.3 Å². The summed E-state index contributed by atoms with van der Waals surface area (Å²) in [6.45, 7) is 12.3. The zero-order valence-corrected chi connectivity index (χ0v) is 9.17. The van der Waals surface area contributed by atoms with Crippen LogP contribution in [0.3, 0.4) is 0 Å². The molecule has 0 aromatic heterocycles. The lowest BCUT2D eigenvalue weighted by Gasteiger charge is -2.34. The van der Waals surface area contributed by atoms with Gasteiger partial charge in [0.05, 0.1) is 5.54 Å². The summed E-state index contributed by atoms with van der Waals surface area (Å²) >= 11 is 0. The molecule has 2 heteroatoms. The Hall–Kier alpha value is -0.600. The minimum absolute atomic E-state index is 0.341. The second-order valence-electron chi connectivity index (χ2n) is 3.55. The highest BCUT2D eigenvalue weighted by molar-refractivity contribution is 5.27. The molecule has 1 N–H and O–H groups in total. The molecule has 0 heterocycles. The van der Waals surface area contributed by atoms with Crippen molar-refractivity contribution in [3.8, 4) is 0 Å². The van der Waals surface area contributed by atoms with E-state index in [-0.39, 0.29) is 5.54 Å². The molecule has 0 aromatic carbocycles. The minimum atomic E-state index is -0.341. The van der Waals surface area contributed by atoms with E-state index in [1.54, 1.807) is 0 Å². The SMILES string of the molecule is C=C/C(=C/CC)C(C)(C)N(O)CC. The Morgan fingerprint density at radius 2 is 2.00 bits per heavy atom. The van der Waals surface area contributed by atoms with E-state index in [9.17, 15) is 5.21 Å². The van der Waals surface area contributed by atoms with Crippen molar-refractivity contribution >= 4 is 0 Å². The lowest BCUT2D eigenvalue weighted by Crippen LogP contribution is -2.42. The van der Waals surface area contributed by atoms with E-state index < -0.39 is 0 Å². The predicted molar refractivity (Wildman–Crippen MR) is 56.8 cm³/mol. The number of hydroxylamine groups is 2. The van der Waals surface area contributed by atoms with Crippen LogP contribution >= 0.6 is 0 Å². The van der Waals surface area contributed by atoms with Gasteiger partial charge >= 0.3 is 0 Å². The molecule has 0 fully saturated rings. The number of nitrogens with zero attached hydrogens (tertiary/aromatic N) is 1. The maximum atomic E-state index is 9.66. The molecule has 0 bridgehead atoms. The zero-order chi connectivity index (χ0) is 10.5. The molecular formula is C11H21NO. The van der Waals surface area contributed by atoms with Crippen molar-refractivity contribution in [1.29, 1.82) is 0 Å². The van der Waals surface area contributed by atoms with Crippen molar-refractivity contribution < 1.29 is 5.21 Å². The van der Waals surface area contributed by atoms with Gasteiger partial charge in [-0.15, -0.1) is 0 Å². The van der Waals surface area contributed by atoms with Gasteiger partial charge in [-0.2, -0.15) is 5.06 Å². The smallest absolute Gasteiger partial charge is 0.0649 e. The van der Waals surface area contributed by atoms with Crippen molar-refractivity contribution in [2.75, 3.05) is 6.54 Å². The Bertz CT molecular complexity index is 194. The van der Waals surface area contributed by atoms with E-state index in [1.165, 1.54) is 5.06 Å². The van der Waals surface area contributed by atoms with Gasteiger partial charge in [0.2, 0.25) is 0 Å². The van der Waals surface area contributed by atoms with E-state index in [4.69, 9.17) is 0 Å². The van der Waals surface area contributed by atoms with Gasteiger partial charge < -0.3 is 5.21 Å². The van der Waals surface area contributed by atoms with Crippen molar-refractivity contribution in [2.45, 2.75) is 39.7 Å². The van der Waals surface area contributed by atoms with Crippen molar-refractivity contribution in [3.63, 3.8) is 0 Å². The summed E-state index contributed by atoms with van der Waals surface area (Å²) in [7, 11) is 0. The first kappa shape index (κ1) is 12.4. The Balaban J connectivity index is 4.76. The van der Waals surface area contributed by atoms with Crippen molar-refractivity contribution in [1.82, 2.24) is 5.06 Å². The molecule has 76 valence electrons. The Morgan fingerprint density at radius 3 is 2.31 bits per heavy atom. The highest BCUT2D eigenvalue weighted by Gasteiger charge is 2.26. The number of hydrogen-bond acceptors (Lipinski definition) is 2. The predicted octanol–water partition coefficient (Wildman–Crippen LogP) is 3.00. The molecule has 13 heavy (non-hydrogen) atoms. The fourth-order valence-electron chi connectivity index (χ4n) is 1.35. The molecule has 0 spiro atoms. The standard InChI is InChI=1S/C11H21NO/c1-6-9-10(7-2)11(4,5)12(13)8-3/h7,9,13H,2,6,8H2,1,3-5H3/b10-9-. The average Bonchev–Trinajstić information content (AvgIpc) is 2.12. The molecule has 0 amide bonds. The summed E-state index contributed by atoms with van der Waals surface area (Å²) in [6.07, 6.45) is 4.86. The van der Waals surface area contributed by atoms with E-state index >= 15 is 0 Å². The normalized spacial score (nSPS) is 13.5. The van der Waals surface area contributed by atoms with Crippen LogP contribution < -0.4 is 0 Å². The molecule has 0 rings (SSSR count). The summed E-state index contributed by atoms with van der Waals surface area (Å²) in [4.78, 5) is 0. The molecule has 0 aliphatic carbocycles.